The first-order valence-electron chi connectivity index (χ1n) is 9.92. The summed E-state index contributed by atoms with van der Waals surface area (Å²) in [7, 11) is 0. The summed E-state index contributed by atoms with van der Waals surface area (Å²) in [6.45, 7) is 5.61. The van der Waals surface area contributed by atoms with Gasteiger partial charge in [0.1, 0.15) is 5.69 Å². The number of aromatic nitrogens is 6. The van der Waals surface area contributed by atoms with Gasteiger partial charge in [-0.05, 0) is 24.3 Å². The number of nitrogens with one attached hydrogen (secondary N) is 3. The van der Waals surface area contributed by atoms with Crippen molar-refractivity contribution in [3.05, 3.63) is 55.2 Å². The van der Waals surface area contributed by atoms with E-state index in [1.165, 1.54) is 0 Å². The Hall–Kier alpha value is -4.07. The van der Waals surface area contributed by atoms with Crippen LogP contribution in [0.15, 0.2) is 55.2 Å². The molecule has 0 aliphatic heterocycles. The number of hydrogen-bond donors (Lipinski definition) is 3. The summed E-state index contributed by atoms with van der Waals surface area (Å²) in [6.07, 6.45) is 8.68. The smallest absolute Gasteiger partial charge is 0.229 e. The van der Waals surface area contributed by atoms with Crippen LogP contribution >= 0.6 is 0 Å². The number of carbonyl (C=O) groups excluding carboxylic acids is 1. The highest BCUT2D eigenvalue weighted by molar-refractivity contribution is 5.97. The van der Waals surface area contributed by atoms with E-state index in [-0.39, 0.29) is 5.91 Å². The summed E-state index contributed by atoms with van der Waals surface area (Å²) in [6, 6.07) is 7.86. The van der Waals surface area contributed by atoms with Gasteiger partial charge in [0, 0.05) is 34.1 Å². The van der Waals surface area contributed by atoms with E-state index in [1.807, 2.05) is 39.0 Å². The van der Waals surface area contributed by atoms with Gasteiger partial charge in [0.15, 0.2) is 0 Å². The molecule has 5 rings (SSSR count). The minimum atomic E-state index is -0.492. The molecule has 0 aromatic carbocycles. The number of H-pyrrole nitrogens is 2. The molecule has 0 saturated heterocycles. The molecule has 0 aliphatic rings. The van der Waals surface area contributed by atoms with Gasteiger partial charge < -0.3 is 10.3 Å². The van der Waals surface area contributed by atoms with Crippen molar-refractivity contribution in [1.29, 1.82) is 0 Å². The third kappa shape index (κ3) is 3.52. The minimum Gasteiger partial charge on any atom is -0.352 e. The van der Waals surface area contributed by atoms with Crippen LogP contribution in [0.2, 0.25) is 0 Å². The van der Waals surface area contributed by atoms with Gasteiger partial charge in [0.25, 0.3) is 0 Å². The number of fused-ring (bicyclic) bond motifs is 2. The Kier molecular flexibility index (Phi) is 4.28. The summed E-state index contributed by atoms with van der Waals surface area (Å²) in [5.74, 6) is -0.0692. The van der Waals surface area contributed by atoms with Crippen molar-refractivity contribution in [1.82, 2.24) is 30.1 Å². The molecule has 5 heterocycles. The van der Waals surface area contributed by atoms with Gasteiger partial charge in [0.05, 0.1) is 46.7 Å². The second-order valence-electron chi connectivity index (χ2n) is 8.50. The summed E-state index contributed by atoms with van der Waals surface area (Å²) in [4.78, 5) is 28.7. The molecule has 8 heteroatoms. The lowest BCUT2D eigenvalue weighted by molar-refractivity contribution is -0.123. The van der Waals surface area contributed by atoms with E-state index < -0.39 is 5.41 Å². The number of carbonyl (C=O) groups is 1. The second-order valence-corrected chi connectivity index (χ2v) is 8.50. The van der Waals surface area contributed by atoms with Crippen molar-refractivity contribution in [3.8, 4) is 22.6 Å². The van der Waals surface area contributed by atoms with Gasteiger partial charge in [-0.3, -0.25) is 24.8 Å². The molecule has 0 atom stereocenters. The fraction of sp³-hybridized carbons (Fsp3) is 0.174. The van der Waals surface area contributed by atoms with Gasteiger partial charge in [-0.15, -0.1) is 0 Å². The summed E-state index contributed by atoms with van der Waals surface area (Å²) >= 11 is 0. The first kappa shape index (κ1) is 18.9. The van der Waals surface area contributed by atoms with Crippen molar-refractivity contribution in [2.24, 2.45) is 5.41 Å². The Bertz CT molecular complexity index is 1390. The number of aromatic amines is 2. The molecule has 3 N–H and O–H groups in total. The van der Waals surface area contributed by atoms with Crippen LogP contribution < -0.4 is 5.32 Å². The Morgan fingerprint density at radius 3 is 2.68 bits per heavy atom. The fourth-order valence-corrected chi connectivity index (χ4v) is 3.35. The standard InChI is InChI=1S/C23H21N7O/c1-23(2,3)22(31)27-15-6-14(9-25-10-15)17-8-16-20(12-26-17)29-30-21(16)18-7-13-4-5-24-11-19(13)28-18/h4-12,28H,1-3H3,(H,27,31)(H,29,30). The van der Waals surface area contributed by atoms with Crippen LogP contribution in [-0.2, 0) is 4.79 Å². The molecule has 0 radical (unpaired) electrons. The van der Waals surface area contributed by atoms with Crippen molar-refractivity contribution in [2.75, 3.05) is 5.32 Å². The SMILES string of the molecule is CC(C)(C)C(=O)Nc1cncc(-c2cc3c(-c4cc5ccncc5[nH]4)n[nH]c3cn2)c1. The van der Waals surface area contributed by atoms with Crippen LogP contribution in [0.3, 0.4) is 0 Å². The lowest BCUT2D eigenvalue weighted by Crippen LogP contribution is -2.27. The van der Waals surface area contributed by atoms with Gasteiger partial charge in [-0.1, -0.05) is 20.8 Å². The Balaban J connectivity index is 1.54. The van der Waals surface area contributed by atoms with Crippen LogP contribution in [0.5, 0.6) is 0 Å². The molecule has 5 aromatic rings. The molecule has 0 spiro atoms. The highest BCUT2D eigenvalue weighted by Crippen LogP contribution is 2.31. The van der Waals surface area contributed by atoms with E-state index in [0.29, 0.717) is 5.69 Å². The molecule has 0 bridgehead atoms. The van der Waals surface area contributed by atoms with Crippen LogP contribution in [-0.4, -0.2) is 36.0 Å². The molecule has 1 amide bonds. The van der Waals surface area contributed by atoms with Crippen molar-refractivity contribution < 1.29 is 4.79 Å². The topological polar surface area (TPSA) is 112 Å². The van der Waals surface area contributed by atoms with E-state index in [9.17, 15) is 4.79 Å². The van der Waals surface area contributed by atoms with Crippen molar-refractivity contribution in [3.63, 3.8) is 0 Å². The van der Waals surface area contributed by atoms with Gasteiger partial charge in [0.2, 0.25) is 5.91 Å². The van der Waals surface area contributed by atoms with E-state index >= 15 is 0 Å². The number of hydrogen-bond acceptors (Lipinski definition) is 5. The average molecular weight is 411 g/mol. The van der Waals surface area contributed by atoms with Crippen LogP contribution in [0.1, 0.15) is 20.8 Å². The molecular weight excluding hydrogens is 390 g/mol. The zero-order chi connectivity index (χ0) is 21.6. The van der Waals surface area contributed by atoms with E-state index in [2.05, 4.69) is 41.5 Å². The number of pyridine rings is 3. The maximum Gasteiger partial charge on any atom is 0.229 e. The van der Waals surface area contributed by atoms with E-state index in [0.717, 1.165) is 44.5 Å². The molecule has 5 aromatic heterocycles. The predicted octanol–water partition coefficient (Wildman–Crippen LogP) is 4.55. The van der Waals surface area contributed by atoms with Crippen LogP contribution in [0, 0.1) is 5.41 Å². The largest absolute Gasteiger partial charge is 0.352 e. The summed E-state index contributed by atoms with van der Waals surface area (Å²) in [5.41, 5.74) is 5.18. The zero-order valence-electron chi connectivity index (χ0n) is 17.4. The lowest BCUT2D eigenvalue weighted by Gasteiger charge is -2.17. The Morgan fingerprint density at radius 1 is 1.00 bits per heavy atom. The van der Waals surface area contributed by atoms with Crippen LogP contribution in [0.25, 0.3) is 44.5 Å². The molecule has 31 heavy (non-hydrogen) atoms. The normalized spacial score (nSPS) is 11.8. The van der Waals surface area contributed by atoms with Gasteiger partial charge >= 0.3 is 0 Å². The van der Waals surface area contributed by atoms with E-state index in [1.54, 1.807) is 31.0 Å². The minimum absolute atomic E-state index is 0.0692. The molecule has 8 nitrogen and oxygen atoms in total. The number of amides is 1. The number of anilines is 1. The van der Waals surface area contributed by atoms with Crippen molar-refractivity contribution >= 4 is 33.4 Å². The third-order valence-electron chi connectivity index (χ3n) is 5.10. The predicted molar refractivity (Wildman–Crippen MR) is 120 cm³/mol. The highest BCUT2D eigenvalue weighted by atomic mass is 16.2. The maximum atomic E-state index is 12.3. The number of rotatable bonds is 3. The summed E-state index contributed by atoms with van der Waals surface area (Å²) < 4.78 is 0. The number of nitrogens with zero attached hydrogens (tertiary/aromatic N) is 4. The lowest BCUT2D eigenvalue weighted by atomic mass is 9.95. The molecule has 154 valence electrons. The first-order chi connectivity index (χ1) is 14.9. The van der Waals surface area contributed by atoms with Crippen molar-refractivity contribution in [2.45, 2.75) is 20.8 Å². The Morgan fingerprint density at radius 2 is 1.87 bits per heavy atom. The zero-order valence-corrected chi connectivity index (χ0v) is 17.4. The molecular formula is C23H21N7O. The monoisotopic (exact) mass is 411 g/mol. The molecule has 0 fully saturated rings. The van der Waals surface area contributed by atoms with Gasteiger partial charge in [-0.25, -0.2) is 0 Å². The molecule has 0 unspecified atom stereocenters. The molecule has 0 aliphatic carbocycles. The van der Waals surface area contributed by atoms with Crippen LogP contribution in [0.4, 0.5) is 5.69 Å². The first-order valence-corrected chi connectivity index (χ1v) is 9.92. The van der Waals surface area contributed by atoms with Gasteiger partial charge in [-0.2, -0.15) is 5.10 Å². The Labute approximate surface area is 178 Å². The van der Waals surface area contributed by atoms with E-state index in [4.69, 9.17) is 0 Å². The highest BCUT2D eigenvalue weighted by Gasteiger charge is 2.21. The second kappa shape index (κ2) is 7.02. The summed E-state index contributed by atoms with van der Waals surface area (Å²) in [5, 5.41) is 12.5. The quantitative estimate of drug-likeness (QED) is 0.403. The fourth-order valence-electron chi connectivity index (χ4n) is 3.35. The average Bonchev–Trinajstić information content (AvgIpc) is 3.36. The molecule has 0 saturated carbocycles. The maximum absolute atomic E-state index is 12.3. The third-order valence-corrected chi connectivity index (χ3v) is 5.10.